The van der Waals surface area contributed by atoms with Crippen molar-refractivity contribution in [2.24, 2.45) is 0 Å². The summed E-state index contributed by atoms with van der Waals surface area (Å²) in [6, 6.07) is 11.1. The highest BCUT2D eigenvalue weighted by Gasteiger charge is 2.57. The summed E-state index contributed by atoms with van der Waals surface area (Å²) in [5.41, 5.74) is -2.24. The molecule has 0 aliphatic rings. The lowest BCUT2D eigenvalue weighted by atomic mass is 9.70. The van der Waals surface area contributed by atoms with Gasteiger partial charge >= 0.3 is 11.9 Å². The van der Waals surface area contributed by atoms with E-state index in [4.69, 9.17) is 9.47 Å². The fraction of sp³-hybridized carbons (Fsp3) is 0.423. The van der Waals surface area contributed by atoms with Crippen LogP contribution in [0.15, 0.2) is 42.5 Å². The molecule has 0 aliphatic carbocycles. The van der Waals surface area contributed by atoms with Crippen LogP contribution in [0.2, 0.25) is 0 Å². The molecule has 2 rings (SSSR count). The maximum atomic E-state index is 13.8. The van der Waals surface area contributed by atoms with E-state index in [-0.39, 0.29) is 16.9 Å². The second-order valence-corrected chi connectivity index (χ2v) is 9.85. The fourth-order valence-corrected chi connectivity index (χ4v) is 3.74. The maximum Gasteiger partial charge on any atom is 0.335 e. The summed E-state index contributed by atoms with van der Waals surface area (Å²) in [5, 5.41) is 11.1. The zero-order chi connectivity index (χ0) is 24.5. The molecule has 0 atom stereocenters. The van der Waals surface area contributed by atoms with Crippen LogP contribution in [0.3, 0.4) is 0 Å². The standard InChI is InChI=1S/C26H32O6/c1-24(2,3)18-14-17(15-19(20(18)27)25(4,5)6)26(22(29)31-7,23(30)32-8)21(28)16-12-10-9-11-13-16/h9-15,27H,1-8H3. The number of methoxy groups -OCH3 is 2. The lowest BCUT2D eigenvalue weighted by molar-refractivity contribution is -0.158. The molecule has 0 heterocycles. The Morgan fingerprint density at radius 1 is 0.750 bits per heavy atom. The van der Waals surface area contributed by atoms with Crippen molar-refractivity contribution in [3.63, 3.8) is 0 Å². The van der Waals surface area contributed by atoms with Gasteiger partial charge in [-0.15, -0.1) is 0 Å². The zero-order valence-electron chi connectivity index (χ0n) is 20.0. The number of ketones is 1. The monoisotopic (exact) mass is 440 g/mol. The van der Waals surface area contributed by atoms with Crippen LogP contribution < -0.4 is 0 Å². The quantitative estimate of drug-likeness (QED) is 0.420. The third kappa shape index (κ3) is 4.27. The molecule has 0 saturated heterocycles. The molecule has 1 N–H and O–H groups in total. The number of phenols is 1. The van der Waals surface area contributed by atoms with E-state index in [2.05, 4.69) is 0 Å². The molecule has 6 heteroatoms. The highest BCUT2D eigenvalue weighted by molar-refractivity contribution is 6.30. The van der Waals surface area contributed by atoms with Gasteiger partial charge in [-0.1, -0.05) is 71.9 Å². The number of phenolic OH excluding ortho intramolecular Hbond substituents is 1. The smallest absolute Gasteiger partial charge is 0.335 e. The van der Waals surface area contributed by atoms with E-state index in [1.165, 1.54) is 24.3 Å². The van der Waals surface area contributed by atoms with Crippen LogP contribution in [-0.4, -0.2) is 37.0 Å². The average molecular weight is 441 g/mol. The lowest BCUT2D eigenvalue weighted by Crippen LogP contribution is -2.52. The van der Waals surface area contributed by atoms with Crippen LogP contribution in [0, 0.1) is 0 Å². The number of aromatic hydroxyl groups is 1. The van der Waals surface area contributed by atoms with Gasteiger partial charge < -0.3 is 14.6 Å². The molecule has 32 heavy (non-hydrogen) atoms. The predicted molar refractivity (Wildman–Crippen MR) is 122 cm³/mol. The zero-order valence-corrected chi connectivity index (χ0v) is 20.0. The van der Waals surface area contributed by atoms with Gasteiger partial charge in [-0.05, 0) is 39.7 Å². The number of hydrogen-bond donors (Lipinski definition) is 1. The van der Waals surface area contributed by atoms with Gasteiger partial charge in [0.05, 0.1) is 14.2 Å². The van der Waals surface area contributed by atoms with Crippen LogP contribution in [0.4, 0.5) is 0 Å². The lowest BCUT2D eigenvalue weighted by Gasteiger charge is -2.33. The Morgan fingerprint density at radius 2 is 1.16 bits per heavy atom. The summed E-state index contributed by atoms with van der Waals surface area (Å²) in [4.78, 5) is 40.3. The van der Waals surface area contributed by atoms with Crippen molar-refractivity contribution in [1.29, 1.82) is 0 Å². The van der Waals surface area contributed by atoms with E-state index >= 15 is 0 Å². The number of esters is 2. The molecule has 0 bridgehead atoms. The van der Waals surface area contributed by atoms with Gasteiger partial charge in [0.25, 0.3) is 5.41 Å². The number of Topliss-reactive ketones (excluding diaryl/α,β-unsaturated/α-hetero) is 1. The van der Waals surface area contributed by atoms with Gasteiger partial charge in [0.1, 0.15) is 5.75 Å². The SMILES string of the molecule is COC(=O)C(C(=O)OC)(C(=O)c1ccccc1)c1cc(C(C)(C)C)c(O)c(C(C)(C)C)c1. The van der Waals surface area contributed by atoms with E-state index in [0.29, 0.717) is 11.1 Å². The first kappa shape index (κ1) is 25.1. The van der Waals surface area contributed by atoms with E-state index in [1.807, 2.05) is 41.5 Å². The summed E-state index contributed by atoms with van der Waals surface area (Å²) >= 11 is 0. The van der Waals surface area contributed by atoms with Gasteiger partial charge in [-0.2, -0.15) is 0 Å². The topological polar surface area (TPSA) is 89.9 Å². The molecule has 6 nitrogen and oxygen atoms in total. The second kappa shape index (κ2) is 8.77. The highest BCUT2D eigenvalue weighted by Crippen LogP contribution is 2.43. The van der Waals surface area contributed by atoms with Crippen LogP contribution >= 0.6 is 0 Å². The molecule has 0 spiro atoms. The Balaban J connectivity index is 3.07. The first-order chi connectivity index (χ1) is 14.7. The third-order valence-electron chi connectivity index (χ3n) is 5.52. The summed E-state index contributed by atoms with van der Waals surface area (Å²) < 4.78 is 9.99. The molecule has 2 aromatic carbocycles. The maximum absolute atomic E-state index is 13.8. The van der Waals surface area contributed by atoms with E-state index in [0.717, 1.165) is 14.2 Å². The Hall–Kier alpha value is -3.15. The van der Waals surface area contributed by atoms with E-state index in [9.17, 15) is 19.5 Å². The molecular formula is C26H32O6. The van der Waals surface area contributed by atoms with Crippen LogP contribution in [0.25, 0.3) is 0 Å². The van der Waals surface area contributed by atoms with E-state index in [1.54, 1.807) is 18.2 Å². The third-order valence-corrected chi connectivity index (χ3v) is 5.52. The number of rotatable bonds is 5. The van der Waals surface area contributed by atoms with Gasteiger partial charge in [-0.3, -0.25) is 4.79 Å². The second-order valence-electron chi connectivity index (χ2n) is 9.85. The molecule has 0 fully saturated rings. The van der Waals surface area contributed by atoms with Crippen molar-refractivity contribution < 1.29 is 29.0 Å². The molecule has 0 unspecified atom stereocenters. The Bertz CT molecular complexity index is 972. The Labute approximate surface area is 189 Å². The average Bonchev–Trinajstić information content (AvgIpc) is 2.73. The molecule has 172 valence electrons. The molecule has 2 aromatic rings. The fourth-order valence-electron chi connectivity index (χ4n) is 3.74. The largest absolute Gasteiger partial charge is 0.507 e. The highest BCUT2D eigenvalue weighted by atomic mass is 16.5. The minimum atomic E-state index is -2.39. The van der Waals surface area contributed by atoms with Crippen LogP contribution in [-0.2, 0) is 35.3 Å². The van der Waals surface area contributed by atoms with Crippen molar-refractivity contribution in [3.8, 4) is 5.75 Å². The van der Waals surface area contributed by atoms with Gasteiger partial charge in [0, 0.05) is 5.56 Å². The minimum absolute atomic E-state index is 0.0598. The van der Waals surface area contributed by atoms with Crippen LogP contribution in [0.5, 0.6) is 5.75 Å². The minimum Gasteiger partial charge on any atom is -0.507 e. The predicted octanol–water partition coefficient (Wildman–Crippen LogP) is 4.45. The van der Waals surface area contributed by atoms with Crippen molar-refractivity contribution >= 4 is 17.7 Å². The summed E-state index contributed by atoms with van der Waals surface area (Å²) in [7, 11) is 2.24. The molecule has 0 radical (unpaired) electrons. The van der Waals surface area contributed by atoms with Gasteiger partial charge in [0.15, 0.2) is 5.78 Å². The normalized spacial score (nSPS) is 12.2. The summed E-state index contributed by atoms with van der Waals surface area (Å²) in [6.07, 6.45) is 0. The molecule has 0 aliphatic heterocycles. The molecular weight excluding hydrogens is 408 g/mol. The van der Waals surface area contributed by atoms with Crippen molar-refractivity contribution in [2.45, 2.75) is 57.8 Å². The Morgan fingerprint density at radius 3 is 1.50 bits per heavy atom. The van der Waals surface area contributed by atoms with Crippen molar-refractivity contribution in [3.05, 3.63) is 64.7 Å². The molecule has 0 saturated carbocycles. The van der Waals surface area contributed by atoms with Crippen molar-refractivity contribution in [2.75, 3.05) is 14.2 Å². The molecule has 0 amide bonds. The first-order valence-electron chi connectivity index (χ1n) is 10.4. The summed E-state index contributed by atoms with van der Waals surface area (Å²) in [6.45, 7) is 11.4. The molecule has 0 aromatic heterocycles. The Kier molecular flexibility index (Phi) is 6.88. The van der Waals surface area contributed by atoms with E-state index < -0.39 is 34.0 Å². The van der Waals surface area contributed by atoms with Gasteiger partial charge in [-0.25, -0.2) is 9.59 Å². The number of carbonyl (C=O) groups is 3. The number of benzene rings is 2. The van der Waals surface area contributed by atoms with Crippen molar-refractivity contribution in [1.82, 2.24) is 0 Å². The number of ether oxygens (including phenoxy) is 2. The first-order valence-corrected chi connectivity index (χ1v) is 10.4. The van der Waals surface area contributed by atoms with Crippen LogP contribution in [0.1, 0.15) is 68.6 Å². The summed E-state index contributed by atoms with van der Waals surface area (Å²) in [5.74, 6) is -2.81. The number of carbonyl (C=O) groups excluding carboxylic acids is 3. The van der Waals surface area contributed by atoms with Gasteiger partial charge in [0.2, 0.25) is 0 Å². The number of hydrogen-bond acceptors (Lipinski definition) is 6.